The zero-order chi connectivity index (χ0) is 8.81. The van der Waals surface area contributed by atoms with Crippen molar-refractivity contribution in [1.82, 2.24) is 0 Å². The molecular formula is C8H10O2SSe. The first-order chi connectivity index (χ1) is 5.83. The monoisotopic (exact) mass is 250 g/mol. The molecule has 0 saturated heterocycles. The number of ether oxygens (including phenoxy) is 1. The quantitative estimate of drug-likeness (QED) is 0.589. The minimum atomic E-state index is -0.0799. The van der Waals surface area contributed by atoms with Crippen LogP contribution >= 0.6 is 11.3 Å². The maximum atomic E-state index is 10.9. The number of carbonyl (C=O) groups excluding carboxylic acids is 1. The van der Waals surface area contributed by atoms with E-state index in [1.54, 1.807) is 11.3 Å². The molecule has 0 saturated carbocycles. The van der Waals surface area contributed by atoms with Gasteiger partial charge in [-0.05, 0) is 0 Å². The molecular weight excluding hydrogens is 239 g/mol. The Morgan fingerprint density at radius 2 is 2.58 bits per heavy atom. The van der Waals surface area contributed by atoms with E-state index in [4.69, 9.17) is 4.74 Å². The molecule has 4 heteroatoms. The number of hydrogen-bond donors (Lipinski definition) is 0. The molecule has 0 amide bonds. The van der Waals surface area contributed by atoms with Crippen LogP contribution in [0.25, 0.3) is 0 Å². The van der Waals surface area contributed by atoms with Gasteiger partial charge in [0.25, 0.3) is 0 Å². The van der Waals surface area contributed by atoms with E-state index in [1.165, 1.54) is 4.46 Å². The molecule has 66 valence electrons. The van der Waals surface area contributed by atoms with E-state index in [0.29, 0.717) is 11.9 Å². The second-order valence-electron chi connectivity index (χ2n) is 2.05. The van der Waals surface area contributed by atoms with Gasteiger partial charge in [0.05, 0.1) is 0 Å². The Morgan fingerprint density at radius 1 is 1.75 bits per heavy atom. The zero-order valence-corrected chi connectivity index (χ0v) is 9.31. The normalized spacial score (nSPS) is 9.75. The van der Waals surface area contributed by atoms with Gasteiger partial charge < -0.3 is 0 Å². The Kier molecular flexibility index (Phi) is 4.36. The molecule has 0 N–H and O–H groups in total. The molecule has 1 rings (SSSR count). The summed E-state index contributed by atoms with van der Waals surface area (Å²) in [7, 11) is 0. The molecule has 0 fully saturated rings. The van der Waals surface area contributed by atoms with E-state index in [2.05, 4.69) is 11.4 Å². The van der Waals surface area contributed by atoms with Gasteiger partial charge in [-0.3, -0.25) is 0 Å². The van der Waals surface area contributed by atoms with Crippen LogP contribution in [0, 0.1) is 0 Å². The average Bonchev–Trinajstić information content (AvgIpc) is 2.53. The number of rotatable bonds is 4. The molecule has 1 aromatic rings. The summed E-state index contributed by atoms with van der Waals surface area (Å²) in [6.45, 7) is 2.31. The molecule has 0 radical (unpaired) electrons. The SMILES string of the molecule is CCOC(=O)C[Se]c1ccsc1. The number of thiophene rings is 1. The molecule has 1 aromatic heterocycles. The fourth-order valence-corrected chi connectivity index (χ4v) is 3.35. The number of esters is 1. The summed E-state index contributed by atoms with van der Waals surface area (Å²) in [4.78, 5) is 10.9. The summed E-state index contributed by atoms with van der Waals surface area (Å²) in [5.41, 5.74) is 0. The van der Waals surface area contributed by atoms with E-state index >= 15 is 0 Å². The summed E-state index contributed by atoms with van der Waals surface area (Å²) in [6.07, 6.45) is 0. The van der Waals surface area contributed by atoms with Crippen molar-refractivity contribution in [3.05, 3.63) is 16.8 Å². The van der Waals surface area contributed by atoms with Crippen molar-refractivity contribution in [2.75, 3.05) is 6.61 Å². The van der Waals surface area contributed by atoms with Crippen LogP contribution < -0.4 is 4.46 Å². The summed E-state index contributed by atoms with van der Waals surface area (Å²) < 4.78 is 6.10. The fraction of sp³-hybridized carbons (Fsp3) is 0.375. The van der Waals surface area contributed by atoms with Crippen LogP contribution in [0.4, 0.5) is 0 Å². The van der Waals surface area contributed by atoms with E-state index in [0.717, 1.165) is 0 Å². The van der Waals surface area contributed by atoms with Crippen LogP contribution in [0.2, 0.25) is 5.32 Å². The van der Waals surface area contributed by atoms with Crippen LogP contribution in [0.3, 0.4) is 0 Å². The summed E-state index contributed by atoms with van der Waals surface area (Å²) in [6, 6.07) is 2.06. The predicted molar refractivity (Wildman–Crippen MR) is 51.1 cm³/mol. The molecule has 0 atom stereocenters. The topological polar surface area (TPSA) is 26.3 Å². The van der Waals surface area contributed by atoms with Crippen molar-refractivity contribution >= 4 is 36.7 Å². The first-order valence-corrected chi connectivity index (χ1v) is 6.64. The second kappa shape index (κ2) is 5.36. The van der Waals surface area contributed by atoms with Gasteiger partial charge in [-0.25, -0.2) is 0 Å². The van der Waals surface area contributed by atoms with Gasteiger partial charge in [-0.2, -0.15) is 0 Å². The molecule has 0 aliphatic carbocycles. The van der Waals surface area contributed by atoms with E-state index < -0.39 is 0 Å². The van der Waals surface area contributed by atoms with Gasteiger partial charge in [0, 0.05) is 0 Å². The molecule has 0 aliphatic rings. The van der Waals surface area contributed by atoms with Gasteiger partial charge >= 0.3 is 81.9 Å². The van der Waals surface area contributed by atoms with Crippen LogP contribution in [-0.2, 0) is 9.53 Å². The number of hydrogen-bond acceptors (Lipinski definition) is 3. The third-order valence-electron chi connectivity index (χ3n) is 1.16. The summed E-state index contributed by atoms with van der Waals surface area (Å²) in [5.74, 6) is -0.0799. The fourth-order valence-electron chi connectivity index (χ4n) is 0.679. The molecule has 0 aromatic carbocycles. The Bertz CT molecular complexity index is 233. The van der Waals surface area contributed by atoms with Crippen LogP contribution in [0.5, 0.6) is 0 Å². The van der Waals surface area contributed by atoms with Gasteiger partial charge in [0.15, 0.2) is 0 Å². The van der Waals surface area contributed by atoms with Crippen molar-refractivity contribution in [3.8, 4) is 0 Å². The van der Waals surface area contributed by atoms with Crippen molar-refractivity contribution in [1.29, 1.82) is 0 Å². The third kappa shape index (κ3) is 3.39. The Hall–Kier alpha value is -0.311. The predicted octanol–water partition coefficient (Wildman–Crippen LogP) is 1.06. The average molecular weight is 249 g/mol. The van der Waals surface area contributed by atoms with E-state index in [-0.39, 0.29) is 20.9 Å². The molecule has 0 spiro atoms. The van der Waals surface area contributed by atoms with Crippen LogP contribution in [0.1, 0.15) is 6.92 Å². The van der Waals surface area contributed by atoms with Crippen molar-refractivity contribution < 1.29 is 9.53 Å². The molecule has 2 nitrogen and oxygen atoms in total. The third-order valence-corrected chi connectivity index (χ3v) is 4.21. The van der Waals surface area contributed by atoms with E-state index in [9.17, 15) is 4.79 Å². The van der Waals surface area contributed by atoms with Gasteiger partial charge in [0.1, 0.15) is 0 Å². The van der Waals surface area contributed by atoms with Crippen LogP contribution in [-0.4, -0.2) is 27.5 Å². The zero-order valence-electron chi connectivity index (χ0n) is 6.78. The Balaban J connectivity index is 2.22. The first-order valence-electron chi connectivity index (χ1n) is 3.63. The Labute approximate surface area is 82.1 Å². The molecule has 0 bridgehead atoms. The molecule has 0 aliphatic heterocycles. The molecule has 12 heavy (non-hydrogen) atoms. The maximum absolute atomic E-state index is 10.9. The first kappa shape index (κ1) is 9.78. The van der Waals surface area contributed by atoms with Gasteiger partial charge in [-0.1, -0.05) is 0 Å². The van der Waals surface area contributed by atoms with Crippen LogP contribution in [0.15, 0.2) is 16.8 Å². The van der Waals surface area contributed by atoms with Gasteiger partial charge in [0.2, 0.25) is 0 Å². The molecule has 0 unspecified atom stereocenters. The van der Waals surface area contributed by atoms with Gasteiger partial charge in [-0.15, -0.1) is 0 Å². The second-order valence-corrected chi connectivity index (χ2v) is 5.03. The summed E-state index contributed by atoms with van der Waals surface area (Å²) in [5, 5.41) is 4.67. The standard InChI is InChI=1S/C8H10O2SSe/c1-2-10-8(9)6-12-7-3-4-11-5-7/h3-5H,2,6H2,1H3. The number of carbonyl (C=O) groups is 1. The van der Waals surface area contributed by atoms with Crippen molar-refractivity contribution in [2.24, 2.45) is 0 Å². The Morgan fingerprint density at radius 3 is 3.17 bits per heavy atom. The van der Waals surface area contributed by atoms with Crippen molar-refractivity contribution in [3.63, 3.8) is 0 Å². The van der Waals surface area contributed by atoms with Crippen molar-refractivity contribution in [2.45, 2.75) is 12.2 Å². The molecule has 1 heterocycles. The van der Waals surface area contributed by atoms with E-state index in [1.807, 2.05) is 12.3 Å². The summed E-state index contributed by atoms with van der Waals surface area (Å²) >= 11 is 1.92. The minimum absolute atomic E-state index is 0.0799.